The van der Waals surface area contributed by atoms with Crippen molar-refractivity contribution in [2.75, 3.05) is 13.1 Å². The van der Waals surface area contributed by atoms with Crippen LogP contribution in [0.4, 0.5) is 0 Å². The largest absolute Gasteiger partial charge is 0.337 e. The highest BCUT2D eigenvalue weighted by Crippen LogP contribution is 2.34. The summed E-state index contributed by atoms with van der Waals surface area (Å²) in [7, 11) is 0. The standard InChI is InChI=1S/C19H20N4OS/c24-19(17-13-6-3-8-14(13)21-22-17)23-10-4-5-12(11-23)18-20-15-7-1-2-9-16(15)25-18/h1-2,7,9,12H,3-6,8,10-11H2,(H,21,22)/t12-/m0/s1. The third-order valence-electron chi connectivity index (χ3n) is 5.38. The monoisotopic (exact) mass is 352 g/mol. The quantitative estimate of drug-likeness (QED) is 0.767. The summed E-state index contributed by atoms with van der Waals surface area (Å²) in [5, 5.41) is 8.53. The molecule has 0 saturated carbocycles. The fraction of sp³-hybridized carbons (Fsp3) is 0.421. The molecule has 0 spiro atoms. The highest BCUT2D eigenvalue weighted by Gasteiger charge is 2.31. The number of likely N-dealkylation sites (tertiary alicyclic amines) is 1. The van der Waals surface area contributed by atoms with E-state index in [1.165, 1.54) is 4.70 Å². The fourth-order valence-electron chi connectivity index (χ4n) is 4.07. The van der Waals surface area contributed by atoms with Gasteiger partial charge in [-0.05, 0) is 44.2 Å². The molecule has 3 aromatic rings. The number of hydrogen-bond donors (Lipinski definition) is 1. The molecule has 128 valence electrons. The molecular formula is C19H20N4OS. The predicted octanol–water partition coefficient (Wildman–Crippen LogP) is 3.53. The van der Waals surface area contributed by atoms with Crippen molar-refractivity contribution in [2.45, 2.75) is 38.0 Å². The maximum absolute atomic E-state index is 13.0. The topological polar surface area (TPSA) is 61.9 Å². The Morgan fingerprint density at radius 1 is 1.24 bits per heavy atom. The van der Waals surface area contributed by atoms with Gasteiger partial charge in [-0.1, -0.05) is 12.1 Å². The molecule has 3 heterocycles. The molecule has 1 amide bonds. The summed E-state index contributed by atoms with van der Waals surface area (Å²) >= 11 is 1.76. The Morgan fingerprint density at radius 3 is 3.08 bits per heavy atom. The van der Waals surface area contributed by atoms with Crippen LogP contribution in [0.15, 0.2) is 24.3 Å². The van der Waals surface area contributed by atoms with Crippen molar-refractivity contribution in [3.05, 3.63) is 46.2 Å². The third-order valence-corrected chi connectivity index (χ3v) is 6.58. The van der Waals surface area contributed by atoms with Gasteiger partial charge < -0.3 is 4.90 Å². The molecule has 2 aliphatic rings. The molecule has 1 aliphatic carbocycles. The number of aryl methyl sites for hydroxylation is 1. The number of fused-ring (bicyclic) bond motifs is 2. The Hall–Kier alpha value is -2.21. The molecule has 1 saturated heterocycles. The number of aromatic amines is 1. The third kappa shape index (κ3) is 2.56. The summed E-state index contributed by atoms with van der Waals surface area (Å²) in [6.07, 6.45) is 5.24. The molecule has 0 radical (unpaired) electrons. The van der Waals surface area contributed by atoms with E-state index in [4.69, 9.17) is 4.98 Å². The van der Waals surface area contributed by atoms with Gasteiger partial charge in [-0.25, -0.2) is 4.98 Å². The second kappa shape index (κ2) is 5.95. The van der Waals surface area contributed by atoms with Crippen LogP contribution in [0.3, 0.4) is 0 Å². The van der Waals surface area contributed by atoms with E-state index in [0.717, 1.165) is 67.0 Å². The lowest BCUT2D eigenvalue weighted by Gasteiger charge is -2.31. The molecule has 1 N–H and O–H groups in total. The van der Waals surface area contributed by atoms with Gasteiger partial charge in [-0.15, -0.1) is 11.3 Å². The Morgan fingerprint density at radius 2 is 2.16 bits per heavy atom. The molecule has 25 heavy (non-hydrogen) atoms. The zero-order valence-corrected chi connectivity index (χ0v) is 14.8. The summed E-state index contributed by atoms with van der Waals surface area (Å²) in [5.41, 5.74) is 4.02. The summed E-state index contributed by atoms with van der Waals surface area (Å²) < 4.78 is 1.23. The summed E-state index contributed by atoms with van der Waals surface area (Å²) in [5.74, 6) is 0.423. The lowest BCUT2D eigenvalue weighted by Crippen LogP contribution is -2.39. The molecule has 5 nitrogen and oxygen atoms in total. The normalized spacial score (nSPS) is 20.2. The second-order valence-corrected chi connectivity index (χ2v) is 8.06. The van der Waals surface area contributed by atoms with Gasteiger partial charge in [0.1, 0.15) is 0 Å². The minimum Gasteiger partial charge on any atom is -0.337 e. The summed E-state index contributed by atoms with van der Waals surface area (Å²) in [4.78, 5) is 19.8. The first-order valence-electron chi connectivity index (χ1n) is 9.00. The number of carbonyl (C=O) groups excluding carboxylic acids is 1. The lowest BCUT2D eigenvalue weighted by atomic mass is 9.98. The van der Waals surface area contributed by atoms with E-state index >= 15 is 0 Å². The van der Waals surface area contributed by atoms with Crippen molar-refractivity contribution < 1.29 is 4.79 Å². The van der Waals surface area contributed by atoms with Crippen molar-refractivity contribution >= 4 is 27.5 Å². The van der Waals surface area contributed by atoms with E-state index in [0.29, 0.717) is 11.6 Å². The van der Waals surface area contributed by atoms with Crippen LogP contribution in [0.2, 0.25) is 0 Å². The molecule has 1 atom stereocenters. The van der Waals surface area contributed by atoms with E-state index in [-0.39, 0.29) is 5.91 Å². The Kier molecular flexibility index (Phi) is 3.59. The number of H-pyrrole nitrogens is 1. The first-order valence-corrected chi connectivity index (χ1v) is 9.82. The van der Waals surface area contributed by atoms with Crippen LogP contribution in [0, 0.1) is 0 Å². The van der Waals surface area contributed by atoms with Crippen molar-refractivity contribution in [3.8, 4) is 0 Å². The Labute approximate surface area is 150 Å². The van der Waals surface area contributed by atoms with E-state index in [1.54, 1.807) is 11.3 Å². The average Bonchev–Trinajstić information content (AvgIpc) is 3.36. The molecule has 5 rings (SSSR count). The molecule has 1 fully saturated rings. The summed E-state index contributed by atoms with van der Waals surface area (Å²) in [6.45, 7) is 1.57. The smallest absolute Gasteiger partial charge is 0.274 e. The van der Waals surface area contributed by atoms with Gasteiger partial charge in [-0.2, -0.15) is 5.10 Å². The van der Waals surface area contributed by atoms with Gasteiger partial charge in [0.05, 0.1) is 15.2 Å². The number of aromatic nitrogens is 3. The molecular weight excluding hydrogens is 332 g/mol. The highest BCUT2D eigenvalue weighted by atomic mass is 32.1. The predicted molar refractivity (Wildman–Crippen MR) is 98.1 cm³/mol. The van der Waals surface area contributed by atoms with Crippen LogP contribution in [-0.2, 0) is 12.8 Å². The van der Waals surface area contributed by atoms with Crippen molar-refractivity contribution in [1.82, 2.24) is 20.1 Å². The number of piperidine rings is 1. The van der Waals surface area contributed by atoms with Gasteiger partial charge in [-0.3, -0.25) is 9.89 Å². The number of thiazole rings is 1. The minimum absolute atomic E-state index is 0.0882. The van der Waals surface area contributed by atoms with E-state index in [1.807, 2.05) is 11.0 Å². The summed E-state index contributed by atoms with van der Waals surface area (Å²) in [6, 6.07) is 8.27. The SMILES string of the molecule is O=C(c1n[nH]c2c1CCC2)N1CCC[C@H](c2nc3ccccc3s2)C1. The lowest BCUT2D eigenvalue weighted by molar-refractivity contribution is 0.0700. The van der Waals surface area contributed by atoms with E-state index < -0.39 is 0 Å². The zero-order valence-electron chi connectivity index (χ0n) is 14.0. The molecule has 0 bridgehead atoms. The first-order chi connectivity index (χ1) is 12.3. The Bertz CT molecular complexity index is 911. The number of para-hydroxylation sites is 1. The van der Waals surface area contributed by atoms with Crippen LogP contribution >= 0.6 is 11.3 Å². The minimum atomic E-state index is 0.0882. The van der Waals surface area contributed by atoms with Crippen LogP contribution < -0.4 is 0 Å². The van der Waals surface area contributed by atoms with Gasteiger partial charge in [0, 0.05) is 30.3 Å². The van der Waals surface area contributed by atoms with Gasteiger partial charge in [0.2, 0.25) is 0 Å². The zero-order chi connectivity index (χ0) is 16.8. The number of nitrogens with one attached hydrogen (secondary N) is 1. The van der Waals surface area contributed by atoms with Crippen LogP contribution in [0.1, 0.15) is 51.9 Å². The first kappa shape index (κ1) is 15.1. The number of rotatable bonds is 2. The van der Waals surface area contributed by atoms with E-state index in [2.05, 4.69) is 28.4 Å². The fourth-order valence-corrected chi connectivity index (χ4v) is 5.17. The van der Waals surface area contributed by atoms with Crippen LogP contribution in [-0.4, -0.2) is 39.1 Å². The molecule has 1 aliphatic heterocycles. The number of amides is 1. The number of nitrogens with zero attached hydrogens (tertiary/aromatic N) is 3. The second-order valence-electron chi connectivity index (χ2n) is 6.99. The van der Waals surface area contributed by atoms with Gasteiger partial charge in [0.15, 0.2) is 5.69 Å². The van der Waals surface area contributed by atoms with Crippen molar-refractivity contribution in [2.24, 2.45) is 0 Å². The average molecular weight is 352 g/mol. The molecule has 0 unspecified atom stereocenters. The van der Waals surface area contributed by atoms with Gasteiger partial charge >= 0.3 is 0 Å². The molecule has 1 aromatic carbocycles. The molecule has 2 aromatic heterocycles. The Balaban J connectivity index is 1.39. The molecule has 6 heteroatoms. The van der Waals surface area contributed by atoms with Crippen LogP contribution in [0.25, 0.3) is 10.2 Å². The van der Waals surface area contributed by atoms with Crippen LogP contribution in [0.5, 0.6) is 0 Å². The van der Waals surface area contributed by atoms with Crippen molar-refractivity contribution in [1.29, 1.82) is 0 Å². The van der Waals surface area contributed by atoms with Crippen molar-refractivity contribution in [3.63, 3.8) is 0 Å². The maximum atomic E-state index is 13.0. The highest BCUT2D eigenvalue weighted by molar-refractivity contribution is 7.18. The maximum Gasteiger partial charge on any atom is 0.274 e. The number of hydrogen-bond acceptors (Lipinski definition) is 4. The van der Waals surface area contributed by atoms with Gasteiger partial charge in [0.25, 0.3) is 5.91 Å². The number of benzene rings is 1. The van der Waals surface area contributed by atoms with E-state index in [9.17, 15) is 4.79 Å². The number of carbonyl (C=O) groups is 1.